The van der Waals surface area contributed by atoms with Gasteiger partial charge in [0.2, 0.25) is 0 Å². The molecule has 9 heteroatoms. The highest BCUT2D eigenvalue weighted by Crippen LogP contribution is 2.18. The molecule has 0 aromatic carbocycles. The normalized spacial score (nSPS) is 11.2. The summed E-state index contributed by atoms with van der Waals surface area (Å²) in [4.78, 5) is 4.26. The predicted molar refractivity (Wildman–Crippen MR) is 108 cm³/mol. The number of halogens is 1. The molecule has 0 spiro atoms. The third-order valence-corrected chi connectivity index (χ3v) is 5.45. The number of aromatic nitrogens is 2. The molecule has 0 aliphatic heterocycles. The van der Waals surface area contributed by atoms with Crippen LogP contribution in [0, 0.1) is 11.3 Å². The Labute approximate surface area is 166 Å². The summed E-state index contributed by atoms with van der Waals surface area (Å²) in [5, 5.41) is 19.9. The number of hydrogen-bond acceptors (Lipinski definition) is 8. The SMILES string of the molecule is N#C/C=C(\NCCSCc1ccon1)NCCSCc1ncccc1Cl. The lowest BCUT2D eigenvalue weighted by molar-refractivity contribution is 0.414. The number of rotatable bonds is 12. The molecule has 2 aromatic heterocycles. The third kappa shape index (κ3) is 8.04. The molecule has 0 radical (unpaired) electrons. The first kappa shape index (κ1) is 20.5. The summed E-state index contributed by atoms with van der Waals surface area (Å²) in [7, 11) is 0. The van der Waals surface area contributed by atoms with Crippen molar-refractivity contribution in [1.29, 1.82) is 5.26 Å². The van der Waals surface area contributed by atoms with Crippen molar-refractivity contribution in [3.05, 3.63) is 59.0 Å². The lowest BCUT2D eigenvalue weighted by Gasteiger charge is -2.12. The fourth-order valence-corrected chi connectivity index (χ4v) is 3.76. The average molecular weight is 410 g/mol. The van der Waals surface area contributed by atoms with Crippen LogP contribution in [-0.2, 0) is 11.5 Å². The second-order valence-electron chi connectivity index (χ2n) is 5.07. The van der Waals surface area contributed by atoms with Crippen LogP contribution in [0.4, 0.5) is 0 Å². The first-order chi connectivity index (χ1) is 12.8. The van der Waals surface area contributed by atoms with Gasteiger partial charge in [0.15, 0.2) is 0 Å². The first-order valence-corrected chi connectivity index (χ1v) is 10.7. The second kappa shape index (κ2) is 12.5. The molecule has 2 heterocycles. The van der Waals surface area contributed by atoms with Gasteiger partial charge in [0.25, 0.3) is 0 Å². The molecular weight excluding hydrogens is 390 g/mol. The van der Waals surface area contributed by atoms with Crippen molar-refractivity contribution in [3.8, 4) is 6.07 Å². The van der Waals surface area contributed by atoms with E-state index in [4.69, 9.17) is 21.4 Å². The zero-order valence-electron chi connectivity index (χ0n) is 14.2. The molecule has 6 nitrogen and oxygen atoms in total. The molecular formula is C17H20ClN5OS2. The van der Waals surface area contributed by atoms with Gasteiger partial charge in [-0.2, -0.15) is 28.8 Å². The molecule has 0 amide bonds. The van der Waals surface area contributed by atoms with Gasteiger partial charge < -0.3 is 15.2 Å². The fourth-order valence-electron chi connectivity index (χ4n) is 1.93. The van der Waals surface area contributed by atoms with Crippen molar-refractivity contribution in [3.63, 3.8) is 0 Å². The Kier molecular flexibility index (Phi) is 9.87. The molecule has 2 N–H and O–H groups in total. The molecule has 0 unspecified atom stereocenters. The van der Waals surface area contributed by atoms with Gasteiger partial charge in [0, 0.05) is 48.4 Å². The second-order valence-corrected chi connectivity index (χ2v) is 7.69. The number of hydrogen-bond donors (Lipinski definition) is 2. The zero-order valence-corrected chi connectivity index (χ0v) is 16.5. The number of nitrogens with zero attached hydrogens (tertiary/aromatic N) is 3. The third-order valence-electron chi connectivity index (χ3n) is 3.15. The van der Waals surface area contributed by atoms with E-state index in [1.54, 1.807) is 36.0 Å². The number of nitrogens with one attached hydrogen (secondary N) is 2. The van der Waals surface area contributed by atoms with E-state index in [-0.39, 0.29) is 0 Å². The number of nitriles is 1. The summed E-state index contributed by atoms with van der Waals surface area (Å²) >= 11 is 9.59. The van der Waals surface area contributed by atoms with Crippen LogP contribution in [0.5, 0.6) is 0 Å². The van der Waals surface area contributed by atoms with Crippen LogP contribution in [0.1, 0.15) is 11.4 Å². The van der Waals surface area contributed by atoms with E-state index in [1.165, 1.54) is 6.08 Å². The largest absolute Gasteiger partial charge is 0.370 e. The molecule has 0 aliphatic carbocycles. The minimum atomic E-state index is 0.697. The Balaban J connectivity index is 1.57. The quantitative estimate of drug-likeness (QED) is 0.407. The molecule has 0 atom stereocenters. The highest BCUT2D eigenvalue weighted by molar-refractivity contribution is 7.98. The highest BCUT2D eigenvalue weighted by atomic mass is 35.5. The highest BCUT2D eigenvalue weighted by Gasteiger charge is 2.02. The summed E-state index contributed by atoms with van der Waals surface area (Å²) in [6, 6.07) is 7.59. The van der Waals surface area contributed by atoms with Gasteiger partial charge in [-0.25, -0.2) is 0 Å². The van der Waals surface area contributed by atoms with Crippen LogP contribution in [0.15, 0.2) is 47.1 Å². The summed E-state index contributed by atoms with van der Waals surface area (Å²) in [5.41, 5.74) is 1.83. The summed E-state index contributed by atoms with van der Waals surface area (Å²) in [5.74, 6) is 4.12. The van der Waals surface area contributed by atoms with Gasteiger partial charge in [-0.15, -0.1) is 0 Å². The van der Waals surface area contributed by atoms with E-state index < -0.39 is 0 Å². The van der Waals surface area contributed by atoms with Crippen LogP contribution in [0.25, 0.3) is 0 Å². The summed E-state index contributed by atoms with van der Waals surface area (Å²) in [6.45, 7) is 1.52. The molecule has 26 heavy (non-hydrogen) atoms. The average Bonchev–Trinajstić information content (AvgIpc) is 3.16. The van der Waals surface area contributed by atoms with Gasteiger partial charge in [0.1, 0.15) is 12.1 Å². The number of pyridine rings is 1. The predicted octanol–water partition coefficient (Wildman–Crippen LogP) is 3.43. The fraction of sp³-hybridized carbons (Fsp3) is 0.353. The minimum absolute atomic E-state index is 0.697. The van der Waals surface area contributed by atoms with E-state index in [2.05, 4.69) is 26.8 Å². The number of thioether (sulfide) groups is 2. The Hall–Kier alpha value is -1.82. The van der Waals surface area contributed by atoms with Crippen molar-refractivity contribution < 1.29 is 4.52 Å². The molecule has 0 bridgehead atoms. The molecule has 0 aliphatic rings. The van der Waals surface area contributed by atoms with Gasteiger partial charge in [-0.3, -0.25) is 4.98 Å². The van der Waals surface area contributed by atoms with Crippen LogP contribution in [0.2, 0.25) is 5.02 Å². The van der Waals surface area contributed by atoms with E-state index in [9.17, 15) is 0 Å². The van der Waals surface area contributed by atoms with Crippen molar-refractivity contribution in [2.45, 2.75) is 11.5 Å². The molecule has 0 fully saturated rings. The van der Waals surface area contributed by atoms with E-state index in [0.717, 1.165) is 53.3 Å². The summed E-state index contributed by atoms with van der Waals surface area (Å²) < 4.78 is 4.79. The monoisotopic (exact) mass is 409 g/mol. The Morgan fingerprint density at radius 2 is 2.00 bits per heavy atom. The first-order valence-electron chi connectivity index (χ1n) is 8.01. The van der Waals surface area contributed by atoms with E-state index in [1.807, 2.05) is 18.2 Å². The smallest absolute Gasteiger partial charge is 0.124 e. The lowest BCUT2D eigenvalue weighted by atomic mass is 10.4. The van der Waals surface area contributed by atoms with Gasteiger partial charge >= 0.3 is 0 Å². The maximum Gasteiger partial charge on any atom is 0.124 e. The summed E-state index contributed by atoms with van der Waals surface area (Å²) in [6.07, 6.45) is 4.81. The number of allylic oxidation sites excluding steroid dienone is 1. The lowest BCUT2D eigenvalue weighted by Crippen LogP contribution is -2.29. The molecule has 0 saturated carbocycles. The Morgan fingerprint density at radius 1 is 1.23 bits per heavy atom. The van der Waals surface area contributed by atoms with Gasteiger partial charge in [-0.05, 0) is 12.1 Å². The van der Waals surface area contributed by atoms with Crippen LogP contribution in [-0.4, -0.2) is 34.7 Å². The van der Waals surface area contributed by atoms with E-state index >= 15 is 0 Å². The maximum absolute atomic E-state index is 8.89. The maximum atomic E-state index is 8.89. The van der Waals surface area contributed by atoms with Crippen LogP contribution in [0.3, 0.4) is 0 Å². The molecule has 138 valence electrons. The molecule has 2 rings (SSSR count). The van der Waals surface area contributed by atoms with Gasteiger partial charge in [0.05, 0.1) is 28.6 Å². The molecule has 2 aromatic rings. The minimum Gasteiger partial charge on any atom is -0.370 e. The van der Waals surface area contributed by atoms with Crippen molar-refractivity contribution in [2.24, 2.45) is 0 Å². The Morgan fingerprint density at radius 3 is 2.65 bits per heavy atom. The van der Waals surface area contributed by atoms with Crippen molar-refractivity contribution >= 4 is 35.1 Å². The van der Waals surface area contributed by atoms with E-state index in [0.29, 0.717) is 5.02 Å². The zero-order chi connectivity index (χ0) is 18.5. The standard InChI is InChI=1S/C17H20ClN5OS2/c18-15-2-1-6-20-16(15)13-26-11-8-22-17(3-5-19)21-7-10-25-12-14-4-9-24-23-14/h1-4,6,9,21-22H,7-8,10-13H2/b17-3+. The van der Waals surface area contributed by atoms with Crippen molar-refractivity contribution in [1.82, 2.24) is 20.8 Å². The van der Waals surface area contributed by atoms with Crippen LogP contribution < -0.4 is 10.6 Å². The van der Waals surface area contributed by atoms with Crippen LogP contribution >= 0.6 is 35.1 Å². The van der Waals surface area contributed by atoms with Crippen molar-refractivity contribution in [2.75, 3.05) is 24.6 Å². The molecule has 0 saturated heterocycles. The topological polar surface area (TPSA) is 86.8 Å². The Bertz CT molecular complexity index is 718. The van der Waals surface area contributed by atoms with Gasteiger partial charge in [-0.1, -0.05) is 16.8 Å².